The van der Waals surface area contributed by atoms with Gasteiger partial charge in [0.05, 0.1) is 0 Å². The van der Waals surface area contributed by atoms with Gasteiger partial charge < -0.3 is 5.32 Å². The van der Waals surface area contributed by atoms with Crippen molar-refractivity contribution >= 4 is 15.9 Å². The summed E-state index contributed by atoms with van der Waals surface area (Å²) >= 11 is 3.55. The van der Waals surface area contributed by atoms with Crippen LogP contribution < -0.4 is 5.32 Å². The second kappa shape index (κ2) is 6.06. The van der Waals surface area contributed by atoms with Crippen molar-refractivity contribution in [2.24, 2.45) is 0 Å². The maximum absolute atomic E-state index is 4.30. The second-order valence-electron chi connectivity index (χ2n) is 5.49. The molecular weight excluding hydrogens is 312 g/mol. The molecule has 1 N–H and O–H groups in total. The predicted molar refractivity (Wildman–Crippen MR) is 86.1 cm³/mol. The molecule has 1 aromatic heterocycles. The van der Waals surface area contributed by atoms with Crippen molar-refractivity contribution in [1.29, 1.82) is 0 Å². The lowest BCUT2D eigenvalue weighted by Crippen LogP contribution is -2.34. The highest BCUT2D eigenvalue weighted by Crippen LogP contribution is 2.38. The first-order valence-corrected chi connectivity index (χ1v) is 7.91. The molecule has 2 aromatic rings. The molecule has 2 nitrogen and oxygen atoms in total. The van der Waals surface area contributed by atoms with Crippen molar-refractivity contribution in [1.82, 2.24) is 10.3 Å². The molecule has 0 unspecified atom stereocenters. The lowest BCUT2D eigenvalue weighted by molar-refractivity contribution is 0.402. The van der Waals surface area contributed by atoms with Crippen LogP contribution in [0.25, 0.3) is 0 Å². The van der Waals surface area contributed by atoms with E-state index in [0.717, 1.165) is 17.6 Å². The number of piperidine rings is 1. The summed E-state index contributed by atoms with van der Waals surface area (Å²) in [4.78, 5) is 4.30. The smallest absolute Gasteiger partial charge is 0.0302 e. The van der Waals surface area contributed by atoms with Gasteiger partial charge in [0.25, 0.3) is 0 Å². The minimum Gasteiger partial charge on any atom is -0.316 e. The lowest BCUT2D eigenvalue weighted by atomic mass is 9.76. The Bertz CT molecular complexity index is 583. The second-order valence-corrected chi connectivity index (χ2v) is 6.41. The van der Waals surface area contributed by atoms with Crippen molar-refractivity contribution in [3.05, 3.63) is 63.9 Å². The first kappa shape index (κ1) is 13.8. The molecule has 0 bridgehead atoms. The number of nitrogens with one attached hydrogen (secondary N) is 1. The minimum absolute atomic E-state index is 0.529. The van der Waals surface area contributed by atoms with E-state index in [9.17, 15) is 0 Å². The number of aryl methyl sites for hydroxylation is 1. The maximum atomic E-state index is 4.30. The van der Waals surface area contributed by atoms with Crippen molar-refractivity contribution in [2.75, 3.05) is 13.1 Å². The number of aromatic nitrogens is 1. The van der Waals surface area contributed by atoms with E-state index < -0.39 is 0 Å². The molecule has 1 aromatic carbocycles. The Morgan fingerprint density at radius 3 is 2.90 bits per heavy atom. The number of benzene rings is 1. The predicted octanol–water partition coefficient (Wildman–Crippen LogP) is 4.01. The van der Waals surface area contributed by atoms with Gasteiger partial charge in [0.2, 0.25) is 0 Å². The van der Waals surface area contributed by atoms with Gasteiger partial charge in [-0.15, -0.1) is 0 Å². The van der Waals surface area contributed by atoms with Crippen LogP contribution in [0, 0.1) is 6.92 Å². The van der Waals surface area contributed by atoms with Crippen molar-refractivity contribution in [3.63, 3.8) is 0 Å². The quantitative estimate of drug-likeness (QED) is 0.899. The number of rotatable bonds is 2. The third kappa shape index (κ3) is 2.79. The van der Waals surface area contributed by atoms with E-state index in [0.29, 0.717) is 11.8 Å². The monoisotopic (exact) mass is 330 g/mol. The molecule has 0 radical (unpaired) electrons. The molecule has 104 valence electrons. The summed E-state index contributed by atoms with van der Waals surface area (Å²) in [6, 6.07) is 10.9. The Labute approximate surface area is 128 Å². The Balaban J connectivity index is 1.97. The summed E-state index contributed by atoms with van der Waals surface area (Å²) in [5, 5.41) is 3.54. The topological polar surface area (TPSA) is 24.9 Å². The number of hydrogen-bond acceptors (Lipinski definition) is 2. The summed E-state index contributed by atoms with van der Waals surface area (Å²) in [6.07, 6.45) is 5.05. The molecule has 0 saturated carbocycles. The van der Waals surface area contributed by atoms with Crippen LogP contribution >= 0.6 is 15.9 Å². The standard InChI is InChI=1S/C17H19BrN2/c1-12-9-14(18)4-5-15(12)17-11-20-8-6-16(17)13-3-2-7-19-10-13/h2-5,7,9-10,16-17,20H,6,8,11H2,1H3/t16-,17-/m1/s1. The Kier molecular flexibility index (Phi) is 4.18. The van der Waals surface area contributed by atoms with Crippen LogP contribution in [0.5, 0.6) is 0 Å². The summed E-state index contributed by atoms with van der Waals surface area (Å²) < 4.78 is 1.15. The van der Waals surface area contributed by atoms with Gasteiger partial charge in [-0.2, -0.15) is 0 Å². The van der Waals surface area contributed by atoms with Crippen LogP contribution in [0.15, 0.2) is 47.2 Å². The summed E-state index contributed by atoms with van der Waals surface area (Å²) in [6.45, 7) is 4.34. The van der Waals surface area contributed by atoms with Crippen molar-refractivity contribution < 1.29 is 0 Å². The number of pyridine rings is 1. The molecule has 2 heterocycles. The van der Waals surface area contributed by atoms with E-state index in [1.165, 1.54) is 23.1 Å². The van der Waals surface area contributed by atoms with E-state index in [2.05, 4.69) is 57.4 Å². The fourth-order valence-electron chi connectivity index (χ4n) is 3.23. The van der Waals surface area contributed by atoms with Crippen LogP contribution in [0.3, 0.4) is 0 Å². The normalized spacial score (nSPS) is 22.7. The Morgan fingerprint density at radius 2 is 2.15 bits per heavy atom. The highest BCUT2D eigenvalue weighted by Gasteiger charge is 2.28. The van der Waals surface area contributed by atoms with Gasteiger partial charge in [0.1, 0.15) is 0 Å². The first-order chi connectivity index (χ1) is 9.75. The van der Waals surface area contributed by atoms with Gasteiger partial charge in [-0.3, -0.25) is 4.98 Å². The molecule has 2 atom stereocenters. The van der Waals surface area contributed by atoms with E-state index in [4.69, 9.17) is 0 Å². The lowest BCUT2D eigenvalue weighted by Gasteiger charge is -2.33. The molecule has 1 saturated heterocycles. The van der Waals surface area contributed by atoms with Gasteiger partial charge in [-0.1, -0.05) is 28.1 Å². The van der Waals surface area contributed by atoms with Gasteiger partial charge in [-0.05, 0) is 60.7 Å². The summed E-state index contributed by atoms with van der Waals surface area (Å²) in [5.41, 5.74) is 4.18. The fraction of sp³-hybridized carbons (Fsp3) is 0.353. The number of hydrogen-bond donors (Lipinski definition) is 1. The molecule has 1 aliphatic heterocycles. The molecule has 0 spiro atoms. The molecule has 3 heteroatoms. The third-order valence-electron chi connectivity index (χ3n) is 4.23. The van der Waals surface area contributed by atoms with Gasteiger partial charge in [0, 0.05) is 29.3 Å². The largest absolute Gasteiger partial charge is 0.316 e. The third-order valence-corrected chi connectivity index (χ3v) is 4.72. The summed E-state index contributed by atoms with van der Waals surface area (Å²) in [5.74, 6) is 1.09. The minimum atomic E-state index is 0.529. The van der Waals surface area contributed by atoms with Gasteiger partial charge >= 0.3 is 0 Å². The number of nitrogens with zero attached hydrogens (tertiary/aromatic N) is 1. The van der Waals surface area contributed by atoms with Crippen molar-refractivity contribution in [3.8, 4) is 0 Å². The average Bonchev–Trinajstić information content (AvgIpc) is 2.48. The first-order valence-electron chi connectivity index (χ1n) is 7.12. The zero-order chi connectivity index (χ0) is 13.9. The highest BCUT2D eigenvalue weighted by molar-refractivity contribution is 9.10. The molecule has 1 aliphatic rings. The van der Waals surface area contributed by atoms with Crippen LogP contribution in [0.1, 0.15) is 34.9 Å². The van der Waals surface area contributed by atoms with Crippen molar-refractivity contribution in [2.45, 2.75) is 25.2 Å². The molecule has 1 fully saturated rings. The zero-order valence-corrected chi connectivity index (χ0v) is 13.2. The Hall–Kier alpha value is -1.19. The van der Waals surface area contributed by atoms with Gasteiger partial charge in [0.15, 0.2) is 0 Å². The molecule has 0 amide bonds. The van der Waals surface area contributed by atoms with Crippen LogP contribution in [-0.4, -0.2) is 18.1 Å². The average molecular weight is 331 g/mol. The van der Waals surface area contributed by atoms with E-state index in [1.807, 2.05) is 18.5 Å². The molecular formula is C17H19BrN2. The molecule has 0 aliphatic carbocycles. The Morgan fingerprint density at radius 1 is 1.25 bits per heavy atom. The van der Waals surface area contributed by atoms with Crippen LogP contribution in [0.2, 0.25) is 0 Å². The summed E-state index contributed by atoms with van der Waals surface area (Å²) in [7, 11) is 0. The van der Waals surface area contributed by atoms with E-state index in [1.54, 1.807) is 0 Å². The number of halogens is 1. The fourth-order valence-corrected chi connectivity index (χ4v) is 3.71. The molecule has 3 rings (SSSR count). The van der Waals surface area contributed by atoms with Crippen LogP contribution in [0.4, 0.5) is 0 Å². The zero-order valence-electron chi connectivity index (χ0n) is 11.6. The highest BCUT2D eigenvalue weighted by atomic mass is 79.9. The SMILES string of the molecule is Cc1cc(Br)ccc1[C@H]1CNCC[C@@H]1c1cccnc1. The van der Waals surface area contributed by atoms with E-state index >= 15 is 0 Å². The van der Waals surface area contributed by atoms with Gasteiger partial charge in [-0.25, -0.2) is 0 Å². The van der Waals surface area contributed by atoms with Crippen LogP contribution in [-0.2, 0) is 0 Å². The molecule has 20 heavy (non-hydrogen) atoms. The van der Waals surface area contributed by atoms with E-state index in [-0.39, 0.29) is 0 Å². The maximum Gasteiger partial charge on any atom is 0.0302 e.